The molecule has 0 amide bonds. The van der Waals surface area contributed by atoms with Gasteiger partial charge in [-0.15, -0.1) is 0 Å². The second kappa shape index (κ2) is 4.66. The van der Waals surface area contributed by atoms with Crippen molar-refractivity contribution in [2.75, 3.05) is 11.4 Å². The number of rotatable bonds is 2. The molecule has 1 aliphatic rings. The fourth-order valence-electron chi connectivity index (χ4n) is 2.36. The number of nitro groups is 1. The average Bonchev–Trinajstić information content (AvgIpc) is 2.93. The molecule has 7 nitrogen and oxygen atoms in total. The number of benzene rings is 1. The molecule has 0 saturated heterocycles. The van der Waals surface area contributed by atoms with E-state index in [0.29, 0.717) is 6.54 Å². The van der Waals surface area contributed by atoms with Crippen molar-refractivity contribution in [3.8, 4) is 6.07 Å². The molecule has 1 aromatic heterocycles. The first-order valence-electron chi connectivity index (χ1n) is 6.12. The van der Waals surface area contributed by atoms with E-state index in [1.165, 1.54) is 12.1 Å². The molecule has 0 aliphatic carbocycles. The van der Waals surface area contributed by atoms with Crippen molar-refractivity contribution >= 4 is 11.4 Å². The SMILES string of the molecule is N#Cc1ccc(N2CCn3ccnc3C2)cc1[N+](=O)[O-]. The lowest BCUT2D eigenvalue weighted by Crippen LogP contribution is -2.33. The predicted molar refractivity (Wildman–Crippen MR) is 71.1 cm³/mol. The van der Waals surface area contributed by atoms with Crippen LogP contribution in [0.4, 0.5) is 11.4 Å². The van der Waals surface area contributed by atoms with Crippen LogP contribution in [-0.4, -0.2) is 21.0 Å². The second-order valence-corrected chi connectivity index (χ2v) is 4.53. The van der Waals surface area contributed by atoms with Crippen LogP contribution in [0.2, 0.25) is 0 Å². The zero-order chi connectivity index (χ0) is 14.1. The maximum absolute atomic E-state index is 11.0. The first-order valence-corrected chi connectivity index (χ1v) is 6.12. The minimum atomic E-state index is -0.521. The summed E-state index contributed by atoms with van der Waals surface area (Å²) >= 11 is 0. The van der Waals surface area contributed by atoms with Crippen LogP contribution in [0.1, 0.15) is 11.4 Å². The van der Waals surface area contributed by atoms with Gasteiger partial charge in [0.2, 0.25) is 0 Å². The van der Waals surface area contributed by atoms with Gasteiger partial charge in [0.1, 0.15) is 17.5 Å². The van der Waals surface area contributed by atoms with E-state index in [0.717, 1.165) is 24.6 Å². The zero-order valence-electron chi connectivity index (χ0n) is 10.6. The molecule has 0 radical (unpaired) electrons. The summed E-state index contributed by atoms with van der Waals surface area (Å²) in [5, 5.41) is 19.9. The van der Waals surface area contributed by atoms with Gasteiger partial charge in [-0.2, -0.15) is 5.26 Å². The Kier molecular flexibility index (Phi) is 2.84. The van der Waals surface area contributed by atoms with Crippen LogP contribution in [0.5, 0.6) is 0 Å². The van der Waals surface area contributed by atoms with E-state index >= 15 is 0 Å². The van der Waals surface area contributed by atoms with Gasteiger partial charge >= 0.3 is 0 Å². The van der Waals surface area contributed by atoms with Crippen molar-refractivity contribution in [2.45, 2.75) is 13.1 Å². The molecule has 2 heterocycles. The molecule has 2 aromatic rings. The summed E-state index contributed by atoms with van der Waals surface area (Å²) in [6.45, 7) is 2.16. The molecule has 1 aromatic carbocycles. The van der Waals surface area contributed by atoms with Gasteiger partial charge in [-0.3, -0.25) is 10.1 Å². The largest absolute Gasteiger partial charge is 0.362 e. The molecule has 100 valence electrons. The van der Waals surface area contributed by atoms with E-state index < -0.39 is 4.92 Å². The van der Waals surface area contributed by atoms with Gasteiger partial charge < -0.3 is 9.47 Å². The van der Waals surface area contributed by atoms with Gasteiger partial charge in [-0.1, -0.05) is 0 Å². The highest BCUT2D eigenvalue weighted by Gasteiger charge is 2.20. The molecule has 7 heteroatoms. The highest BCUT2D eigenvalue weighted by Crippen LogP contribution is 2.27. The lowest BCUT2D eigenvalue weighted by atomic mass is 10.1. The lowest BCUT2D eigenvalue weighted by Gasteiger charge is -2.29. The van der Waals surface area contributed by atoms with E-state index in [2.05, 4.69) is 9.55 Å². The number of fused-ring (bicyclic) bond motifs is 1. The average molecular weight is 269 g/mol. The maximum atomic E-state index is 11.0. The van der Waals surface area contributed by atoms with Crippen LogP contribution in [0, 0.1) is 21.4 Å². The van der Waals surface area contributed by atoms with Gasteiger partial charge in [0.05, 0.1) is 11.5 Å². The number of imidazole rings is 1. The van der Waals surface area contributed by atoms with Crippen molar-refractivity contribution in [1.29, 1.82) is 5.26 Å². The molecule has 0 N–H and O–H groups in total. The van der Waals surface area contributed by atoms with E-state index in [4.69, 9.17) is 5.26 Å². The topological polar surface area (TPSA) is 88.0 Å². The molecule has 0 spiro atoms. The molecule has 20 heavy (non-hydrogen) atoms. The van der Waals surface area contributed by atoms with Crippen LogP contribution in [0.15, 0.2) is 30.6 Å². The van der Waals surface area contributed by atoms with Gasteiger partial charge in [-0.05, 0) is 12.1 Å². The summed E-state index contributed by atoms with van der Waals surface area (Å²) in [4.78, 5) is 16.8. The Morgan fingerprint density at radius 1 is 1.40 bits per heavy atom. The second-order valence-electron chi connectivity index (χ2n) is 4.53. The van der Waals surface area contributed by atoms with Crippen molar-refractivity contribution in [1.82, 2.24) is 9.55 Å². The summed E-state index contributed by atoms with van der Waals surface area (Å²) in [6, 6.07) is 6.53. The van der Waals surface area contributed by atoms with Crippen molar-refractivity contribution < 1.29 is 4.92 Å². The van der Waals surface area contributed by atoms with E-state index in [1.807, 2.05) is 17.2 Å². The minimum Gasteiger partial charge on any atom is -0.362 e. The molecule has 0 atom stereocenters. The van der Waals surface area contributed by atoms with Crippen molar-refractivity contribution in [3.63, 3.8) is 0 Å². The maximum Gasteiger partial charge on any atom is 0.289 e. The third-order valence-corrected chi connectivity index (χ3v) is 3.41. The Balaban J connectivity index is 1.94. The van der Waals surface area contributed by atoms with Gasteiger partial charge in [-0.25, -0.2) is 4.98 Å². The molecule has 0 unspecified atom stereocenters. The Labute approximate surface area is 114 Å². The fourth-order valence-corrected chi connectivity index (χ4v) is 2.36. The van der Waals surface area contributed by atoms with Crippen molar-refractivity contribution in [3.05, 3.63) is 52.1 Å². The van der Waals surface area contributed by atoms with Gasteiger partial charge in [0.15, 0.2) is 0 Å². The summed E-state index contributed by atoms with van der Waals surface area (Å²) in [5.74, 6) is 0.934. The number of aromatic nitrogens is 2. The molecule has 0 bridgehead atoms. The first kappa shape index (κ1) is 12.2. The molecule has 3 rings (SSSR count). The molecular weight excluding hydrogens is 258 g/mol. The van der Waals surface area contributed by atoms with E-state index in [1.54, 1.807) is 12.3 Å². The van der Waals surface area contributed by atoms with E-state index in [9.17, 15) is 10.1 Å². The summed E-state index contributed by atoms with van der Waals surface area (Å²) in [7, 11) is 0. The van der Waals surface area contributed by atoms with E-state index in [-0.39, 0.29) is 11.3 Å². The third kappa shape index (κ3) is 1.97. The molecule has 0 saturated carbocycles. The van der Waals surface area contributed by atoms with Crippen LogP contribution in [-0.2, 0) is 13.1 Å². The Hall–Kier alpha value is -2.88. The summed E-state index contributed by atoms with van der Waals surface area (Å²) in [5.41, 5.74) is 0.668. The van der Waals surface area contributed by atoms with Crippen LogP contribution in [0.25, 0.3) is 0 Å². The number of anilines is 1. The highest BCUT2D eigenvalue weighted by atomic mass is 16.6. The third-order valence-electron chi connectivity index (χ3n) is 3.41. The monoisotopic (exact) mass is 269 g/mol. The highest BCUT2D eigenvalue weighted by molar-refractivity contribution is 5.60. The Bertz CT molecular complexity index is 716. The quantitative estimate of drug-likeness (QED) is 0.611. The number of nitrogens with zero attached hydrogens (tertiary/aromatic N) is 5. The number of hydrogen-bond acceptors (Lipinski definition) is 5. The zero-order valence-corrected chi connectivity index (χ0v) is 10.6. The van der Waals surface area contributed by atoms with Gasteiger partial charge in [0, 0.05) is 37.2 Å². The normalized spacial score (nSPS) is 13.7. The number of hydrogen-bond donors (Lipinski definition) is 0. The fraction of sp³-hybridized carbons (Fsp3) is 0.231. The smallest absolute Gasteiger partial charge is 0.289 e. The lowest BCUT2D eigenvalue weighted by molar-refractivity contribution is -0.385. The number of nitriles is 1. The Morgan fingerprint density at radius 3 is 3.00 bits per heavy atom. The predicted octanol–water partition coefficient (Wildman–Crippen LogP) is 1.68. The van der Waals surface area contributed by atoms with Crippen LogP contribution < -0.4 is 4.90 Å². The molecular formula is C13H11N5O2. The first-order chi connectivity index (χ1) is 9.69. The summed E-state index contributed by atoms with van der Waals surface area (Å²) < 4.78 is 2.06. The van der Waals surface area contributed by atoms with Crippen LogP contribution >= 0.6 is 0 Å². The van der Waals surface area contributed by atoms with Crippen molar-refractivity contribution in [2.24, 2.45) is 0 Å². The minimum absolute atomic E-state index is 0.0808. The summed E-state index contributed by atoms with van der Waals surface area (Å²) in [6.07, 6.45) is 3.67. The van der Waals surface area contributed by atoms with Crippen LogP contribution in [0.3, 0.4) is 0 Å². The van der Waals surface area contributed by atoms with Gasteiger partial charge in [0.25, 0.3) is 5.69 Å². The molecule has 1 aliphatic heterocycles. The Morgan fingerprint density at radius 2 is 2.25 bits per heavy atom. The molecule has 0 fully saturated rings. The number of nitro benzene ring substituents is 1. The standard InChI is InChI=1S/C13H11N5O2/c14-8-10-1-2-11(7-12(10)18(19)20)17-6-5-16-4-3-15-13(16)9-17/h1-4,7H,5-6,9H2.